The van der Waals surface area contributed by atoms with Gasteiger partial charge in [0, 0.05) is 25.3 Å². The van der Waals surface area contributed by atoms with Crippen LogP contribution in [0.1, 0.15) is 34.8 Å². The molecule has 1 aromatic carbocycles. The van der Waals surface area contributed by atoms with E-state index in [1.54, 1.807) is 0 Å². The molecule has 1 aliphatic rings. The lowest BCUT2D eigenvalue weighted by Gasteiger charge is -2.04. The lowest BCUT2D eigenvalue weighted by molar-refractivity contribution is -0.140. The summed E-state index contributed by atoms with van der Waals surface area (Å²) in [5.74, 6) is -0.0159. The number of benzene rings is 1. The van der Waals surface area contributed by atoms with Crippen LogP contribution in [0.15, 0.2) is 18.2 Å². The zero-order valence-electron chi connectivity index (χ0n) is 9.29. The number of fused-ring (bicyclic) bond motifs is 1. The number of hydrogen-bond donors (Lipinski definition) is 0. The second-order valence-electron chi connectivity index (χ2n) is 4.00. The van der Waals surface area contributed by atoms with Crippen LogP contribution in [0.25, 0.3) is 0 Å². The number of hydrogen-bond acceptors (Lipinski definition) is 3. The van der Waals surface area contributed by atoms with E-state index in [-0.39, 0.29) is 11.8 Å². The number of Topliss-reactive ketones (excluding diaryl/α,β-unsaturated/α-hetero) is 1. The average Bonchev–Trinajstić information content (AvgIpc) is 2.60. The second-order valence-corrected chi connectivity index (χ2v) is 4.00. The van der Waals surface area contributed by atoms with Gasteiger partial charge in [-0.3, -0.25) is 9.59 Å². The molecule has 0 unspecified atom stereocenters. The topological polar surface area (TPSA) is 43.4 Å². The first-order valence-corrected chi connectivity index (χ1v) is 5.45. The molecule has 3 heteroatoms. The van der Waals surface area contributed by atoms with E-state index < -0.39 is 0 Å². The van der Waals surface area contributed by atoms with Crippen LogP contribution in [0.4, 0.5) is 0 Å². The van der Waals surface area contributed by atoms with Crippen LogP contribution < -0.4 is 0 Å². The lowest BCUT2D eigenvalue weighted by atomic mass is 10.0. The smallest absolute Gasteiger partial charge is 0.302 e. The minimum absolute atomic E-state index is 0.238. The van der Waals surface area contributed by atoms with Gasteiger partial charge in [0.2, 0.25) is 0 Å². The van der Waals surface area contributed by atoms with E-state index in [9.17, 15) is 9.59 Å². The molecule has 0 N–H and O–H groups in total. The molecule has 0 radical (unpaired) electrons. The fourth-order valence-electron chi connectivity index (χ4n) is 1.98. The highest BCUT2D eigenvalue weighted by Crippen LogP contribution is 2.23. The SMILES string of the molecule is CC(=O)OCCc1ccc2c(c1)CCC2=O. The Kier molecular flexibility index (Phi) is 3.04. The quantitative estimate of drug-likeness (QED) is 0.728. The van der Waals surface area contributed by atoms with Gasteiger partial charge in [0.25, 0.3) is 0 Å². The summed E-state index contributed by atoms with van der Waals surface area (Å²) in [5, 5.41) is 0. The zero-order chi connectivity index (χ0) is 11.5. The van der Waals surface area contributed by atoms with Crippen LogP contribution in [0.2, 0.25) is 0 Å². The van der Waals surface area contributed by atoms with Crippen molar-refractivity contribution in [2.24, 2.45) is 0 Å². The summed E-state index contributed by atoms with van der Waals surface area (Å²) in [6.45, 7) is 1.81. The molecule has 0 saturated carbocycles. The molecule has 2 rings (SSSR count). The molecule has 0 heterocycles. The molecular formula is C13H14O3. The summed E-state index contributed by atoms with van der Waals surface area (Å²) in [5.41, 5.74) is 3.11. The minimum Gasteiger partial charge on any atom is -0.466 e. The number of ketones is 1. The van der Waals surface area contributed by atoms with E-state index in [0.717, 1.165) is 23.1 Å². The molecule has 1 aliphatic carbocycles. The molecule has 1 aromatic rings. The van der Waals surface area contributed by atoms with Crippen LogP contribution >= 0.6 is 0 Å². The van der Waals surface area contributed by atoms with E-state index in [0.29, 0.717) is 19.4 Å². The van der Waals surface area contributed by atoms with Crippen LogP contribution in [0.3, 0.4) is 0 Å². The highest BCUT2D eigenvalue weighted by atomic mass is 16.5. The summed E-state index contributed by atoms with van der Waals surface area (Å²) in [6, 6.07) is 5.86. The molecule has 16 heavy (non-hydrogen) atoms. The average molecular weight is 218 g/mol. The van der Waals surface area contributed by atoms with Gasteiger partial charge in [-0.25, -0.2) is 0 Å². The number of carbonyl (C=O) groups is 2. The fraction of sp³-hybridized carbons (Fsp3) is 0.385. The summed E-state index contributed by atoms with van der Waals surface area (Å²) < 4.78 is 4.88. The third-order valence-electron chi connectivity index (χ3n) is 2.79. The fourth-order valence-corrected chi connectivity index (χ4v) is 1.98. The molecule has 0 aliphatic heterocycles. The van der Waals surface area contributed by atoms with Crippen LogP contribution in [-0.4, -0.2) is 18.4 Å². The van der Waals surface area contributed by atoms with Crippen molar-refractivity contribution in [3.8, 4) is 0 Å². The Balaban J connectivity index is 2.02. The lowest BCUT2D eigenvalue weighted by Crippen LogP contribution is -2.03. The molecule has 0 spiro atoms. The van der Waals surface area contributed by atoms with Crippen LogP contribution in [0.5, 0.6) is 0 Å². The van der Waals surface area contributed by atoms with Crippen molar-refractivity contribution in [1.82, 2.24) is 0 Å². The molecule has 0 amide bonds. The summed E-state index contributed by atoms with van der Waals surface area (Å²) >= 11 is 0. The van der Waals surface area contributed by atoms with Crippen molar-refractivity contribution < 1.29 is 14.3 Å². The Labute approximate surface area is 94.4 Å². The Bertz CT molecular complexity index is 435. The Morgan fingerprint density at radius 1 is 1.38 bits per heavy atom. The van der Waals surface area contributed by atoms with E-state index >= 15 is 0 Å². The third-order valence-corrected chi connectivity index (χ3v) is 2.79. The van der Waals surface area contributed by atoms with Crippen molar-refractivity contribution in [2.45, 2.75) is 26.2 Å². The molecule has 0 atom stereocenters. The monoisotopic (exact) mass is 218 g/mol. The normalized spacial score (nSPS) is 13.7. The highest BCUT2D eigenvalue weighted by Gasteiger charge is 2.18. The summed E-state index contributed by atoms with van der Waals surface area (Å²) in [7, 11) is 0. The standard InChI is InChI=1S/C13H14O3/c1-9(14)16-7-6-10-2-4-12-11(8-10)3-5-13(12)15/h2,4,8H,3,5-7H2,1H3. The van der Waals surface area contributed by atoms with Gasteiger partial charge in [0.15, 0.2) is 5.78 Å². The van der Waals surface area contributed by atoms with Crippen molar-refractivity contribution in [3.63, 3.8) is 0 Å². The Morgan fingerprint density at radius 3 is 2.94 bits per heavy atom. The maximum absolute atomic E-state index is 11.4. The number of aryl methyl sites for hydroxylation is 1. The first-order chi connectivity index (χ1) is 7.66. The molecular weight excluding hydrogens is 204 g/mol. The van der Waals surface area contributed by atoms with Gasteiger partial charge in [-0.05, 0) is 17.5 Å². The molecule has 3 nitrogen and oxygen atoms in total. The largest absolute Gasteiger partial charge is 0.466 e. The van der Waals surface area contributed by atoms with E-state index in [4.69, 9.17) is 4.74 Å². The first-order valence-electron chi connectivity index (χ1n) is 5.45. The third kappa shape index (κ3) is 2.30. The zero-order valence-corrected chi connectivity index (χ0v) is 9.29. The van der Waals surface area contributed by atoms with Gasteiger partial charge in [-0.15, -0.1) is 0 Å². The predicted molar refractivity (Wildman–Crippen MR) is 59.4 cm³/mol. The minimum atomic E-state index is -0.253. The maximum atomic E-state index is 11.4. The first kappa shape index (κ1) is 10.9. The van der Waals surface area contributed by atoms with Crippen molar-refractivity contribution >= 4 is 11.8 Å². The number of esters is 1. The number of rotatable bonds is 3. The number of ether oxygens (including phenoxy) is 1. The van der Waals surface area contributed by atoms with Gasteiger partial charge in [0.05, 0.1) is 6.61 Å². The highest BCUT2D eigenvalue weighted by molar-refractivity contribution is 6.00. The summed E-state index contributed by atoms with van der Waals surface area (Å²) in [4.78, 5) is 22.0. The van der Waals surface area contributed by atoms with Crippen molar-refractivity contribution in [1.29, 1.82) is 0 Å². The van der Waals surface area contributed by atoms with Crippen molar-refractivity contribution in [2.75, 3.05) is 6.61 Å². The van der Waals surface area contributed by atoms with Gasteiger partial charge >= 0.3 is 5.97 Å². The molecule has 0 bridgehead atoms. The number of carbonyl (C=O) groups excluding carboxylic acids is 2. The van der Waals surface area contributed by atoms with E-state index in [1.807, 2.05) is 18.2 Å². The van der Waals surface area contributed by atoms with Crippen LogP contribution in [-0.2, 0) is 22.4 Å². The predicted octanol–water partition coefficient (Wildman–Crippen LogP) is 1.92. The Hall–Kier alpha value is -1.64. The van der Waals surface area contributed by atoms with Crippen LogP contribution in [0, 0.1) is 0 Å². The second kappa shape index (κ2) is 4.47. The Morgan fingerprint density at radius 2 is 2.19 bits per heavy atom. The molecule has 0 fully saturated rings. The van der Waals surface area contributed by atoms with Crippen molar-refractivity contribution in [3.05, 3.63) is 34.9 Å². The summed E-state index contributed by atoms with van der Waals surface area (Å²) in [6.07, 6.45) is 2.18. The van der Waals surface area contributed by atoms with Gasteiger partial charge in [-0.2, -0.15) is 0 Å². The van der Waals surface area contributed by atoms with Gasteiger partial charge in [-0.1, -0.05) is 18.2 Å². The maximum Gasteiger partial charge on any atom is 0.302 e. The molecule has 0 aromatic heterocycles. The van der Waals surface area contributed by atoms with Gasteiger partial charge < -0.3 is 4.74 Å². The molecule has 0 saturated heterocycles. The van der Waals surface area contributed by atoms with E-state index in [1.165, 1.54) is 6.92 Å². The van der Waals surface area contributed by atoms with Gasteiger partial charge in [0.1, 0.15) is 0 Å². The molecule has 84 valence electrons. The van der Waals surface area contributed by atoms with E-state index in [2.05, 4.69) is 0 Å².